The average Bonchev–Trinajstić information content (AvgIpc) is 2.50. The van der Waals surface area contributed by atoms with Crippen LogP contribution in [0.1, 0.15) is 22.3 Å². The molecule has 0 aliphatic rings. The zero-order valence-corrected chi connectivity index (χ0v) is 12.9. The number of hydrogen-bond acceptors (Lipinski definition) is 2. The monoisotopic (exact) mass is 282 g/mol. The third kappa shape index (κ3) is 4.35. The van der Waals surface area contributed by atoms with E-state index in [1.165, 1.54) is 16.7 Å². The predicted octanol–water partition coefficient (Wildman–Crippen LogP) is 3.20. The maximum Gasteiger partial charge on any atom is 0.224 e. The Morgan fingerprint density at radius 2 is 1.62 bits per heavy atom. The molecule has 21 heavy (non-hydrogen) atoms. The topological polar surface area (TPSA) is 41.1 Å². The fourth-order valence-corrected chi connectivity index (χ4v) is 2.13. The Bertz CT molecular complexity index is 618. The van der Waals surface area contributed by atoms with E-state index in [0.717, 1.165) is 17.8 Å². The maximum absolute atomic E-state index is 11.3. The van der Waals surface area contributed by atoms with Crippen molar-refractivity contribution in [2.24, 2.45) is 0 Å². The van der Waals surface area contributed by atoms with E-state index < -0.39 is 0 Å². The number of carbonyl (C=O) groups is 1. The predicted molar refractivity (Wildman–Crippen MR) is 87.5 cm³/mol. The minimum Gasteiger partial charge on any atom is -0.381 e. The Kier molecular flexibility index (Phi) is 4.99. The quantitative estimate of drug-likeness (QED) is 0.884. The van der Waals surface area contributed by atoms with Gasteiger partial charge < -0.3 is 10.6 Å². The van der Waals surface area contributed by atoms with Crippen LogP contribution in [0.3, 0.4) is 0 Å². The minimum absolute atomic E-state index is 0.0332. The lowest BCUT2D eigenvalue weighted by Crippen LogP contribution is -2.19. The summed E-state index contributed by atoms with van der Waals surface area (Å²) in [5, 5.41) is 6.03. The molecule has 110 valence electrons. The summed E-state index contributed by atoms with van der Waals surface area (Å²) in [6.45, 7) is 5.06. The van der Waals surface area contributed by atoms with Crippen molar-refractivity contribution in [3.8, 4) is 0 Å². The summed E-state index contributed by atoms with van der Waals surface area (Å²) < 4.78 is 0. The number of hydrogen-bond donors (Lipinski definition) is 2. The number of benzene rings is 2. The van der Waals surface area contributed by atoms with E-state index in [0.29, 0.717) is 6.42 Å². The SMILES string of the molecule is CNC(=O)Cc1ccc(NCc2ccc(C)c(C)c2)cc1. The van der Waals surface area contributed by atoms with Crippen LogP contribution in [0, 0.1) is 13.8 Å². The van der Waals surface area contributed by atoms with Crippen LogP contribution in [-0.2, 0) is 17.8 Å². The first kappa shape index (κ1) is 15.1. The fraction of sp³-hybridized carbons (Fsp3) is 0.278. The Morgan fingerprint density at radius 1 is 0.952 bits per heavy atom. The van der Waals surface area contributed by atoms with Crippen molar-refractivity contribution in [1.29, 1.82) is 0 Å². The highest BCUT2D eigenvalue weighted by molar-refractivity contribution is 5.78. The molecule has 2 aromatic carbocycles. The zero-order chi connectivity index (χ0) is 15.2. The Hall–Kier alpha value is -2.29. The second-order valence-electron chi connectivity index (χ2n) is 5.32. The Morgan fingerprint density at radius 3 is 2.24 bits per heavy atom. The standard InChI is InChI=1S/C18H22N2O/c1-13-4-5-16(10-14(13)2)12-20-17-8-6-15(7-9-17)11-18(21)19-3/h4-10,20H,11-12H2,1-3H3,(H,19,21). The van der Waals surface area contributed by atoms with Crippen LogP contribution in [0.5, 0.6) is 0 Å². The van der Waals surface area contributed by atoms with Crippen molar-refractivity contribution in [3.05, 3.63) is 64.7 Å². The van der Waals surface area contributed by atoms with Gasteiger partial charge in [-0.05, 0) is 48.2 Å². The zero-order valence-electron chi connectivity index (χ0n) is 12.9. The molecule has 0 aliphatic heterocycles. The van der Waals surface area contributed by atoms with Gasteiger partial charge in [-0.25, -0.2) is 0 Å². The number of aryl methyl sites for hydroxylation is 2. The fourth-order valence-electron chi connectivity index (χ4n) is 2.13. The summed E-state index contributed by atoms with van der Waals surface area (Å²) in [6.07, 6.45) is 0.425. The van der Waals surface area contributed by atoms with Gasteiger partial charge in [0, 0.05) is 19.3 Å². The molecule has 2 N–H and O–H groups in total. The molecule has 0 unspecified atom stereocenters. The molecule has 1 amide bonds. The van der Waals surface area contributed by atoms with Crippen molar-refractivity contribution in [2.45, 2.75) is 26.8 Å². The third-order valence-electron chi connectivity index (χ3n) is 3.67. The van der Waals surface area contributed by atoms with Gasteiger partial charge in [-0.1, -0.05) is 30.3 Å². The summed E-state index contributed by atoms with van der Waals surface area (Å²) in [5.74, 6) is 0.0332. The largest absolute Gasteiger partial charge is 0.381 e. The lowest BCUT2D eigenvalue weighted by Gasteiger charge is -2.09. The van der Waals surface area contributed by atoms with E-state index in [1.807, 2.05) is 24.3 Å². The molecule has 3 heteroatoms. The van der Waals surface area contributed by atoms with E-state index in [-0.39, 0.29) is 5.91 Å². The second kappa shape index (κ2) is 6.93. The normalized spacial score (nSPS) is 10.2. The maximum atomic E-state index is 11.3. The van der Waals surface area contributed by atoms with Crippen molar-refractivity contribution in [3.63, 3.8) is 0 Å². The Balaban J connectivity index is 1.94. The molecule has 0 atom stereocenters. The van der Waals surface area contributed by atoms with Gasteiger partial charge in [-0.2, -0.15) is 0 Å². The summed E-state index contributed by atoms with van der Waals surface area (Å²) >= 11 is 0. The van der Waals surface area contributed by atoms with Gasteiger partial charge in [-0.15, -0.1) is 0 Å². The molecule has 0 aliphatic carbocycles. The minimum atomic E-state index is 0.0332. The first-order valence-corrected chi connectivity index (χ1v) is 7.18. The van der Waals surface area contributed by atoms with Crippen LogP contribution in [-0.4, -0.2) is 13.0 Å². The smallest absolute Gasteiger partial charge is 0.224 e. The average molecular weight is 282 g/mol. The molecular formula is C18H22N2O. The second-order valence-corrected chi connectivity index (χ2v) is 5.32. The molecular weight excluding hydrogens is 260 g/mol. The lowest BCUT2D eigenvalue weighted by molar-refractivity contribution is -0.119. The van der Waals surface area contributed by atoms with E-state index in [2.05, 4.69) is 42.7 Å². The van der Waals surface area contributed by atoms with Crippen LogP contribution in [0.15, 0.2) is 42.5 Å². The van der Waals surface area contributed by atoms with Gasteiger partial charge in [0.1, 0.15) is 0 Å². The molecule has 3 nitrogen and oxygen atoms in total. The Labute approximate surface area is 126 Å². The molecule has 0 bridgehead atoms. The summed E-state index contributed by atoms with van der Waals surface area (Å²) in [5.41, 5.74) is 5.99. The summed E-state index contributed by atoms with van der Waals surface area (Å²) in [7, 11) is 1.65. The lowest BCUT2D eigenvalue weighted by atomic mass is 10.1. The molecule has 0 saturated heterocycles. The molecule has 0 radical (unpaired) electrons. The van der Waals surface area contributed by atoms with Crippen molar-refractivity contribution in [2.75, 3.05) is 12.4 Å². The molecule has 2 rings (SSSR count). The van der Waals surface area contributed by atoms with E-state index >= 15 is 0 Å². The van der Waals surface area contributed by atoms with Crippen molar-refractivity contribution >= 4 is 11.6 Å². The van der Waals surface area contributed by atoms with Gasteiger partial charge in [0.25, 0.3) is 0 Å². The number of amides is 1. The number of carbonyl (C=O) groups excluding carboxylic acids is 1. The van der Waals surface area contributed by atoms with Crippen LogP contribution in [0.25, 0.3) is 0 Å². The van der Waals surface area contributed by atoms with Crippen molar-refractivity contribution in [1.82, 2.24) is 5.32 Å². The van der Waals surface area contributed by atoms with E-state index in [4.69, 9.17) is 0 Å². The number of likely N-dealkylation sites (N-methyl/N-ethyl adjacent to an activating group) is 1. The van der Waals surface area contributed by atoms with E-state index in [9.17, 15) is 4.79 Å². The van der Waals surface area contributed by atoms with Crippen LogP contribution in [0.2, 0.25) is 0 Å². The number of nitrogens with one attached hydrogen (secondary N) is 2. The molecule has 2 aromatic rings. The van der Waals surface area contributed by atoms with Gasteiger partial charge in [0.05, 0.1) is 6.42 Å². The van der Waals surface area contributed by atoms with Crippen LogP contribution < -0.4 is 10.6 Å². The number of anilines is 1. The van der Waals surface area contributed by atoms with Gasteiger partial charge in [0.2, 0.25) is 5.91 Å². The van der Waals surface area contributed by atoms with Gasteiger partial charge in [0.15, 0.2) is 0 Å². The van der Waals surface area contributed by atoms with E-state index in [1.54, 1.807) is 7.05 Å². The first-order chi connectivity index (χ1) is 10.1. The summed E-state index contributed by atoms with van der Waals surface area (Å²) in [6, 6.07) is 14.5. The van der Waals surface area contributed by atoms with Gasteiger partial charge >= 0.3 is 0 Å². The third-order valence-corrected chi connectivity index (χ3v) is 3.67. The highest BCUT2D eigenvalue weighted by Gasteiger charge is 2.01. The highest BCUT2D eigenvalue weighted by atomic mass is 16.1. The van der Waals surface area contributed by atoms with Crippen LogP contribution in [0.4, 0.5) is 5.69 Å². The highest BCUT2D eigenvalue weighted by Crippen LogP contribution is 2.14. The van der Waals surface area contributed by atoms with Gasteiger partial charge in [-0.3, -0.25) is 4.79 Å². The number of rotatable bonds is 5. The molecule has 0 aromatic heterocycles. The van der Waals surface area contributed by atoms with Crippen molar-refractivity contribution < 1.29 is 4.79 Å². The first-order valence-electron chi connectivity index (χ1n) is 7.18. The molecule has 0 fully saturated rings. The molecule has 0 heterocycles. The molecule has 0 spiro atoms. The van der Waals surface area contributed by atoms with Crippen LogP contribution >= 0.6 is 0 Å². The molecule has 0 saturated carbocycles. The summed E-state index contributed by atoms with van der Waals surface area (Å²) in [4.78, 5) is 11.3.